The van der Waals surface area contributed by atoms with E-state index in [-0.39, 0.29) is 11.3 Å². The quantitative estimate of drug-likeness (QED) is 0.603. The summed E-state index contributed by atoms with van der Waals surface area (Å²) in [4.78, 5) is 0. The Bertz CT molecular complexity index is 863. The van der Waals surface area contributed by atoms with Crippen molar-refractivity contribution in [2.45, 2.75) is 44.9 Å². The molecule has 1 unspecified atom stereocenters. The van der Waals surface area contributed by atoms with Gasteiger partial charge in [0.2, 0.25) is 0 Å². The van der Waals surface area contributed by atoms with Crippen molar-refractivity contribution < 1.29 is 0 Å². The van der Waals surface area contributed by atoms with Crippen molar-refractivity contribution in [2.24, 2.45) is 0 Å². The van der Waals surface area contributed by atoms with Crippen LogP contribution in [0.1, 0.15) is 61.8 Å². The van der Waals surface area contributed by atoms with Crippen LogP contribution >= 0.6 is 0 Å². The standard InChI is InChI=1S/C26H31N/c1-6-19-17-22(26(2,3)4)18-23(25(19)27-5)24(20-13-9-7-10-14-20)21-15-11-8-12-16-21/h6-7,9-11,13-18,24,27H,1,8,12H2,2-5H3. The van der Waals surface area contributed by atoms with E-state index in [1.54, 1.807) is 0 Å². The monoisotopic (exact) mass is 357 g/mol. The molecule has 0 aromatic heterocycles. The molecule has 0 heterocycles. The molecular weight excluding hydrogens is 326 g/mol. The average Bonchev–Trinajstić information content (AvgIpc) is 2.68. The van der Waals surface area contributed by atoms with Crippen molar-refractivity contribution in [2.75, 3.05) is 12.4 Å². The highest BCUT2D eigenvalue weighted by molar-refractivity contribution is 5.73. The van der Waals surface area contributed by atoms with E-state index in [4.69, 9.17) is 0 Å². The second kappa shape index (κ2) is 8.00. The summed E-state index contributed by atoms with van der Waals surface area (Å²) in [5, 5.41) is 3.46. The van der Waals surface area contributed by atoms with Crippen molar-refractivity contribution in [3.05, 3.63) is 95.1 Å². The van der Waals surface area contributed by atoms with Gasteiger partial charge in [-0.3, -0.25) is 0 Å². The Morgan fingerprint density at radius 3 is 2.37 bits per heavy atom. The summed E-state index contributed by atoms with van der Waals surface area (Å²) in [5.74, 6) is 0.214. The van der Waals surface area contributed by atoms with Gasteiger partial charge in [0, 0.05) is 18.7 Å². The van der Waals surface area contributed by atoms with Gasteiger partial charge in [-0.2, -0.15) is 0 Å². The molecule has 1 heteroatoms. The van der Waals surface area contributed by atoms with Gasteiger partial charge in [-0.25, -0.2) is 0 Å². The van der Waals surface area contributed by atoms with Crippen molar-refractivity contribution in [1.29, 1.82) is 0 Å². The van der Waals surface area contributed by atoms with Crippen LogP contribution in [-0.2, 0) is 5.41 Å². The van der Waals surface area contributed by atoms with Crippen LogP contribution in [0.4, 0.5) is 5.69 Å². The Morgan fingerprint density at radius 2 is 1.81 bits per heavy atom. The van der Waals surface area contributed by atoms with Gasteiger partial charge in [0.05, 0.1) is 0 Å². The third-order valence-electron chi connectivity index (χ3n) is 5.34. The summed E-state index contributed by atoms with van der Waals surface area (Å²) in [7, 11) is 2.01. The molecule has 1 atom stereocenters. The number of allylic oxidation sites excluding steroid dienone is 4. The third kappa shape index (κ3) is 4.08. The summed E-state index contributed by atoms with van der Waals surface area (Å²) in [6, 6.07) is 15.5. The minimum Gasteiger partial charge on any atom is -0.387 e. The van der Waals surface area contributed by atoms with Gasteiger partial charge in [0.1, 0.15) is 0 Å². The fraction of sp³-hybridized carbons (Fsp3) is 0.308. The number of hydrogen-bond acceptors (Lipinski definition) is 1. The van der Waals surface area contributed by atoms with Gasteiger partial charge in [0.25, 0.3) is 0 Å². The number of hydrogen-bond donors (Lipinski definition) is 1. The molecule has 1 aliphatic carbocycles. The molecule has 0 bridgehead atoms. The molecule has 3 rings (SSSR count). The number of nitrogens with one attached hydrogen (secondary N) is 1. The van der Waals surface area contributed by atoms with Crippen LogP contribution < -0.4 is 5.32 Å². The largest absolute Gasteiger partial charge is 0.387 e. The first-order valence-corrected chi connectivity index (χ1v) is 9.86. The maximum Gasteiger partial charge on any atom is 0.0453 e. The topological polar surface area (TPSA) is 12.0 Å². The first-order chi connectivity index (χ1) is 13.0. The Labute approximate surface area is 164 Å². The highest BCUT2D eigenvalue weighted by Gasteiger charge is 2.25. The molecule has 1 aliphatic rings. The summed E-state index contributed by atoms with van der Waals surface area (Å²) >= 11 is 0. The molecule has 140 valence electrons. The van der Waals surface area contributed by atoms with E-state index in [2.05, 4.69) is 93.4 Å². The number of benzene rings is 2. The minimum atomic E-state index is 0.0802. The summed E-state index contributed by atoms with van der Waals surface area (Å²) < 4.78 is 0. The normalized spacial score (nSPS) is 15.2. The minimum absolute atomic E-state index is 0.0802. The molecule has 27 heavy (non-hydrogen) atoms. The fourth-order valence-electron chi connectivity index (χ4n) is 3.84. The van der Waals surface area contributed by atoms with Crippen molar-refractivity contribution >= 4 is 11.8 Å². The smallest absolute Gasteiger partial charge is 0.0453 e. The maximum atomic E-state index is 4.08. The molecule has 0 aliphatic heterocycles. The molecule has 2 aromatic carbocycles. The first kappa shape index (κ1) is 19.2. The third-order valence-corrected chi connectivity index (χ3v) is 5.34. The summed E-state index contributed by atoms with van der Waals surface area (Å²) in [6.07, 6.45) is 11.2. The Hall–Kier alpha value is -2.54. The van der Waals surface area contributed by atoms with Crippen LogP contribution in [-0.4, -0.2) is 7.05 Å². The molecular formula is C26H31N. The van der Waals surface area contributed by atoms with Crippen molar-refractivity contribution in [3.8, 4) is 0 Å². The van der Waals surface area contributed by atoms with E-state index in [1.807, 2.05) is 13.1 Å². The molecule has 1 nitrogen and oxygen atoms in total. The van der Waals surface area contributed by atoms with Crippen LogP contribution in [0.25, 0.3) is 6.08 Å². The second-order valence-corrected chi connectivity index (χ2v) is 8.26. The Balaban J connectivity index is 2.29. The van der Waals surface area contributed by atoms with Crippen LogP contribution in [0, 0.1) is 0 Å². The summed E-state index contributed by atoms with van der Waals surface area (Å²) in [6.45, 7) is 10.9. The van der Waals surface area contributed by atoms with Crippen LogP contribution in [0.2, 0.25) is 0 Å². The predicted molar refractivity (Wildman–Crippen MR) is 120 cm³/mol. The highest BCUT2D eigenvalue weighted by Crippen LogP contribution is 2.42. The molecule has 0 amide bonds. The van der Waals surface area contributed by atoms with Gasteiger partial charge in [-0.15, -0.1) is 0 Å². The van der Waals surface area contributed by atoms with Crippen LogP contribution in [0.15, 0.2) is 72.8 Å². The van der Waals surface area contributed by atoms with Crippen molar-refractivity contribution in [3.63, 3.8) is 0 Å². The molecule has 0 fully saturated rings. The zero-order valence-corrected chi connectivity index (χ0v) is 17.0. The number of anilines is 1. The second-order valence-electron chi connectivity index (χ2n) is 8.26. The molecule has 1 N–H and O–H groups in total. The van der Waals surface area contributed by atoms with E-state index < -0.39 is 0 Å². The highest BCUT2D eigenvalue weighted by atomic mass is 14.8. The zero-order valence-electron chi connectivity index (χ0n) is 17.0. The van der Waals surface area contributed by atoms with E-state index in [1.165, 1.54) is 33.5 Å². The van der Waals surface area contributed by atoms with E-state index in [9.17, 15) is 0 Å². The molecule has 2 aromatic rings. The molecule has 0 saturated heterocycles. The maximum absolute atomic E-state index is 4.08. The fourth-order valence-corrected chi connectivity index (χ4v) is 3.84. The van der Waals surface area contributed by atoms with Gasteiger partial charge in [-0.05, 0) is 52.1 Å². The van der Waals surface area contributed by atoms with Gasteiger partial charge in [0.15, 0.2) is 0 Å². The van der Waals surface area contributed by atoms with Gasteiger partial charge >= 0.3 is 0 Å². The molecule has 0 saturated carbocycles. The van der Waals surface area contributed by atoms with E-state index in [0.717, 1.165) is 12.8 Å². The first-order valence-electron chi connectivity index (χ1n) is 9.86. The van der Waals surface area contributed by atoms with E-state index in [0.29, 0.717) is 0 Å². The lowest BCUT2D eigenvalue weighted by molar-refractivity contribution is 0.589. The predicted octanol–water partition coefficient (Wildman–Crippen LogP) is 7.08. The van der Waals surface area contributed by atoms with Gasteiger partial charge in [-0.1, -0.05) is 88.1 Å². The molecule has 0 radical (unpaired) electrons. The van der Waals surface area contributed by atoms with Crippen molar-refractivity contribution in [1.82, 2.24) is 0 Å². The Kier molecular flexibility index (Phi) is 5.70. The lowest BCUT2D eigenvalue weighted by atomic mass is 9.77. The van der Waals surface area contributed by atoms with Crippen LogP contribution in [0.5, 0.6) is 0 Å². The van der Waals surface area contributed by atoms with Crippen LogP contribution in [0.3, 0.4) is 0 Å². The van der Waals surface area contributed by atoms with Gasteiger partial charge < -0.3 is 5.32 Å². The lowest BCUT2D eigenvalue weighted by Crippen LogP contribution is -2.15. The number of rotatable bonds is 5. The lowest BCUT2D eigenvalue weighted by Gasteiger charge is -2.28. The SMILES string of the molecule is C=Cc1cc(C(C)(C)C)cc(C(C2=CCCC=C2)c2ccccc2)c1NC. The average molecular weight is 358 g/mol. The Morgan fingerprint density at radius 1 is 1.07 bits per heavy atom. The molecule has 0 spiro atoms. The zero-order chi connectivity index (χ0) is 19.4. The summed E-state index contributed by atoms with van der Waals surface area (Å²) in [5.41, 5.74) is 7.79. The van der Waals surface area contributed by atoms with E-state index >= 15 is 0 Å².